The first-order chi connectivity index (χ1) is 6.20. The van der Waals surface area contributed by atoms with E-state index < -0.39 is 30.6 Å². The Morgan fingerprint density at radius 3 is 1.71 bits per heavy atom. The van der Waals surface area contributed by atoms with Gasteiger partial charge in [-0.3, -0.25) is 9.59 Å². The number of ether oxygens (including phenoxy) is 2. The molecule has 0 radical (unpaired) electrons. The maximum absolute atomic E-state index is 10.5. The van der Waals surface area contributed by atoms with Gasteiger partial charge in [0.05, 0.1) is 0 Å². The molecule has 0 spiro atoms. The van der Waals surface area contributed by atoms with Crippen LogP contribution < -0.4 is 0 Å². The van der Waals surface area contributed by atoms with Crippen molar-refractivity contribution in [2.75, 3.05) is 0 Å². The molecule has 0 aliphatic carbocycles. The fourth-order valence-electron chi connectivity index (χ4n) is 0.701. The summed E-state index contributed by atoms with van der Waals surface area (Å²) in [7, 11) is 0. The lowest BCUT2D eigenvalue weighted by atomic mass is 10.3. The lowest BCUT2D eigenvalue weighted by Gasteiger charge is -2.21. The monoisotopic (exact) mass is 208 g/mol. The summed E-state index contributed by atoms with van der Waals surface area (Å²) in [6, 6.07) is 0. The fraction of sp³-hybridized carbons (Fsp3) is 0.714. The van der Waals surface area contributed by atoms with E-state index in [-0.39, 0.29) is 0 Å². The molecule has 14 heavy (non-hydrogen) atoms. The Hall–Kier alpha value is -1.18. The lowest BCUT2D eigenvalue weighted by Crippen LogP contribution is -2.36. The molecule has 0 unspecified atom stereocenters. The highest BCUT2D eigenvalue weighted by molar-refractivity contribution is 5.68. The number of esters is 2. The van der Waals surface area contributed by atoms with E-state index in [1.165, 1.54) is 0 Å². The van der Waals surface area contributed by atoms with Crippen LogP contribution in [0.3, 0.4) is 0 Å². The molecule has 0 aromatic heterocycles. The Morgan fingerprint density at radius 2 is 1.50 bits per heavy atom. The lowest BCUT2D eigenvalue weighted by molar-refractivity contribution is -0.334. The summed E-state index contributed by atoms with van der Waals surface area (Å²) in [6.07, 6.45) is -2.36. The van der Waals surface area contributed by atoms with Crippen LogP contribution in [-0.4, -0.2) is 39.5 Å². The van der Waals surface area contributed by atoms with Gasteiger partial charge >= 0.3 is 11.9 Å². The number of carbonyl (C=O) groups is 2. The molecule has 0 amide bonds. The second-order valence-corrected chi connectivity index (χ2v) is 2.63. The maximum atomic E-state index is 10.5. The quantitative estimate of drug-likeness (QED) is 0.379. The van der Waals surface area contributed by atoms with Crippen LogP contribution in [0.25, 0.3) is 0 Å². The van der Waals surface area contributed by atoms with Crippen LogP contribution in [0.1, 0.15) is 20.3 Å². The van der Waals surface area contributed by atoms with Crippen molar-refractivity contribution in [1.29, 1.82) is 0 Å². The standard InChI is InChI=1S/C7H12O7/c1-4(8)13-6(14-5(2)9)3-7(10,11)12/h6,10-12H,3H2,1-2H3. The molecular formula is C7H12O7. The molecule has 0 saturated heterocycles. The van der Waals surface area contributed by atoms with Gasteiger partial charge in [-0.15, -0.1) is 0 Å². The number of rotatable bonds is 4. The van der Waals surface area contributed by atoms with Crippen molar-refractivity contribution in [2.45, 2.75) is 32.5 Å². The predicted octanol–water partition coefficient (Wildman–Crippen LogP) is -1.54. The summed E-state index contributed by atoms with van der Waals surface area (Å²) in [5, 5.41) is 25.6. The van der Waals surface area contributed by atoms with E-state index >= 15 is 0 Å². The molecule has 0 bridgehead atoms. The first-order valence-electron chi connectivity index (χ1n) is 3.72. The van der Waals surface area contributed by atoms with Gasteiger partial charge in [0.1, 0.15) is 6.42 Å². The van der Waals surface area contributed by atoms with Crippen molar-refractivity contribution in [2.24, 2.45) is 0 Å². The van der Waals surface area contributed by atoms with E-state index in [9.17, 15) is 9.59 Å². The van der Waals surface area contributed by atoms with Gasteiger partial charge in [0.25, 0.3) is 12.3 Å². The van der Waals surface area contributed by atoms with Crippen LogP contribution in [-0.2, 0) is 19.1 Å². The van der Waals surface area contributed by atoms with E-state index in [2.05, 4.69) is 9.47 Å². The van der Waals surface area contributed by atoms with E-state index in [4.69, 9.17) is 15.3 Å². The molecule has 82 valence electrons. The average molecular weight is 208 g/mol. The van der Waals surface area contributed by atoms with Gasteiger partial charge in [0, 0.05) is 13.8 Å². The van der Waals surface area contributed by atoms with Crippen molar-refractivity contribution in [3.63, 3.8) is 0 Å². The van der Waals surface area contributed by atoms with Crippen molar-refractivity contribution >= 4 is 11.9 Å². The molecule has 0 atom stereocenters. The van der Waals surface area contributed by atoms with Crippen LogP contribution in [0.5, 0.6) is 0 Å². The zero-order chi connectivity index (χ0) is 11.4. The zero-order valence-electron chi connectivity index (χ0n) is 7.76. The van der Waals surface area contributed by atoms with Crippen LogP contribution in [0, 0.1) is 0 Å². The number of aliphatic hydroxyl groups is 3. The van der Waals surface area contributed by atoms with Crippen molar-refractivity contribution in [1.82, 2.24) is 0 Å². The molecule has 0 aliphatic heterocycles. The van der Waals surface area contributed by atoms with Crippen molar-refractivity contribution in [3.8, 4) is 0 Å². The third kappa shape index (κ3) is 7.47. The third-order valence-electron chi connectivity index (χ3n) is 1.04. The molecule has 0 aromatic rings. The Kier molecular flexibility index (Phi) is 4.48. The predicted molar refractivity (Wildman–Crippen MR) is 41.3 cm³/mol. The topological polar surface area (TPSA) is 113 Å². The first kappa shape index (κ1) is 12.8. The SMILES string of the molecule is CC(=O)OC(CC(O)(O)O)OC(C)=O. The van der Waals surface area contributed by atoms with Crippen molar-refractivity contribution < 1.29 is 34.4 Å². The van der Waals surface area contributed by atoms with Gasteiger partial charge in [0.15, 0.2) is 0 Å². The van der Waals surface area contributed by atoms with Gasteiger partial charge in [-0.1, -0.05) is 0 Å². The van der Waals surface area contributed by atoms with Gasteiger partial charge in [-0.2, -0.15) is 0 Å². The largest absolute Gasteiger partial charge is 0.425 e. The minimum atomic E-state index is -3.06. The van der Waals surface area contributed by atoms with E-state index in [0.29, 0.717) is 0 Å². The van der Waals surface area contributed by atoms with E-state index in [1.54, 1.807) is 0 Å². The number of carbonyl (C=O) groups excluding carboxylic acids is 2. The summed E-state index contributed by atoms with van der Waals surface area (Å²) >= 11 is 0. The second-order valence-electron chi connectivity index (χ2n) is 2.63. The number of hydrogen-bond acceptors (Lipinski definition) is 7. The summed E-state index contributed by atoms with van der Waals surface area (Å²) in [5.74, 6) is -4.61. The van der Waals surface area contributed by atoms with Gasteiger partial charge < -0.3 is 24.8 Å². The summed E-state index contributed by atoms with van der Waals surface area (Å²) < 4.78 is 8.75. The van der Waals surface area contributed by atoms with Crippen LogP contribution in [0.4, 0.5) is 0 Å². The molecule has 7 nitrogen and oxygen atoms in total. The molecule has 0 saturated carbocycles. The molecule has 0 aromatic carbocycles. The Balaban J connectivity index is 4.24. The van der Waals surface area contributed by atoms with E-state index in [0.717, 1.165) is 13.8 Å². The molecule has 0 fully saturated rings. The fourth-order valence-corrected chi connectivity index (χ4v) is 0.701. The highest BCUT2D eigenvalue weighted by Crippen LogP contribution is 2.10. The van der Waals surface area contributed by atoms with Gasteiger partial charge in [-0.25, -0.2) is 0 Å². The molecule has 0 rings (SSSR count). The van der Waals surface area contributed by atoms with Crippen LogP contribution in [0.15, 0.2) is 0 Å². The summed E-state index contributed by atoms with van der Waals surface area (Å²) in [4.78, 5) is 20.9. The molecule has 0 heterocycles. The molecule has 3 N–H and O–H groups in total. The third-order valence-corrected chi connectivity index (χ3v) is 1.04. The zero-order valence-corrected chi connectivity index (χ0v) is 7.76. The van der Waals surface area contributed by atoms with Crippen molar-refractivity contribution in [3.05, 3.63) is 0 Å². The van der Waals surface area contributed by atoms with Gasteiger partial charge in [-0.05, 0) is 0 Å². The Labute approximate surface area is 79.9 Å². The van der Waals surface area contributed by atoms with E-state index in [1.807, 2.05) is 0 Å². The molecule has 7 heteroatoms. The maximum Gasteiger partial charge on any atom is 0.305 e. The second kappa shape index (κ2) is 4.89. The minimum absolute atomic E-state index is 0.777. The summed E-state index contributed by atoms with van der Waals surface area (Å²) in [5.41, 5.74) is 0. The Bertz CT molecular complexity index is 201. The number of hydrogen-bond donors (Lipinski definition) is 3. The Morgan fingerprint density at radius 1 is 1.14 bits per heavy atom. The van der Waals surface area contributed by atoms with Crippen LogP contribution in [0.2, 0.25) is 0 Å². The molecule has 0 aliphatic rings. The molecular weight excluding hydrogens is 196 g/mol. The minimum Gasteiger partial charge on any atom is -0.425 e. The normalized spacial score (nSPS) is 11.3. The smallest absolute Gasteiger partial charge is 0.305 e. The average Bonchev–Trinajstić information content (AvgIpc) is 1.77. The van der Waals surface area contributed by atoms with Gasteiger partial charge in [0.2, 0.25) is 0 Å². The van der Waals surface area contributed by atoms with Crippen LogP contribution >= 0.6 is 0 Å². The highest BCUT2D eigenvalue weighted by atomic mass is 16.7. The first-order valence-corrected chi connectivity index (χ1v) is 3.72. The highest BCUT2D eigenvalue weighted by Gasteiger charge is 2.28. The summed E-state index contributed by atoms with van der Waals surface area (Å²) in [6.45, 7) is 2.09.